The third-order valence-electron chi connectivity index (χ3n) is 10.5. The lowest BCUT2D eigenvalue weighted by Gasteiger charge is -2.19. The fourth-order valence-corrected chi connectivity index (χ4v) is 8.21. The molecule has 2 aromatic heterocycles. The maximum atomic E-state index is 6.73. The van der Waals surface area contributed by atoms with Gasteiger partial charge < -0.3 is 8.83 Å². The van der Waals surface area contributed by atoms with Gasteiger partial charge in [-0.1, -0.05) is 146 Å². The minimum atomic E-state index is 0.866. The van der Waals surface area contributed by atoms with Gasteiger partial charge in [-0.25, -0.2) is 0 Å². The Hall–Kier alpha value is -6.64. The van der Waals surface area contributed by atoms with Crippen molar-refractivity contribution in [2.75, 3.05) is 0 Å². The molecule has 50 heavy (non-hydrogen) atoms. The third kappa shape index (κ3) is 3.90. The van der Waals surface area contributed by atoms with E-state index >= 15 is 0 Å². The summed E-state index contributed by atoms with van der Waals surface area (Å²) in [5.41, 5.74) is 10.9. The van der Waals surface area contributed by atoms with Gasteiger partial charge in [0, 0.05) is 26.9 Å². The predicted octanol–water partition coefficient (Wildman–Crippen LogP) is 13.9. The zero-order chi connectivity index (χ0) is 32.8. The highest BCUT2D eigenvalue weighted by molar-refractivity contribution is 6.27. The molecular weight excluding hydrogens is 609 g/mol. The number of rotatable bonds is 3. The smallest absolute Gasteiger partial charge is 0.143 e. The lowest BCUT2D eigenvalue weighted by Crippen LogP contribution is -1.92. The molecule has 0 aliphatic carbocycles. The molecule has 232 valence electrons. The molecule has 0 unspecified atom stereocenters. The lowest BCUT2D eigenvalue weighted by atomic mass is 9.84. The van der Waals surface area contributed by atoms with E-state index in [1.54, 1.807) is 0 Å². The van der Waals surface area contributed by atoms with Crippen LogP contribution in [0.25, 0.3) is 110 Å². The van der Waals surface area contributed by atoms with Crippen molar-refractivity contribution >= 4 is 76.2 Å². The first-order valence-electron chi connectivity index (χ1n) is 17.1. The van der Waals surface area contributed by atoms with E-state index in [2.05, 4.69) is 158 Å². The Bertz CT molecular complexity index is 3070. The van der Waals surface area contributed by atoms with Gasteiger partial charge >= 0.3 is 0 Å². The number of fused-ring (bicyclic) bond motifs is 10. The zero-order valence-electron chi connectivity index (χ0n) is 27.0. The van der Waals surface area contributed by atoms with Gasteiger partial charge in [0.05, 0.1) is 0 Å². The Morgan fingerprint density at radius 1 is 0.260 bits per heavy atom. The van der Waals surface area contributed by atoms with Crippen LogP contribution in [0.4, 0.5) is 0 Å². The van der Waals surface area contributed by atoms with E-state index in [4.69, 9.17) is 8.83 Å². The van der Waals surface area contributed by atoms with Gasteiger partial charge in [-0.05, 0) is 84.6 Å². The third-order valence-corrected chi connectivity index (χ3v) is 10.5. The molecule has 2 heteroatoms. The topological polar surface area (TPSA) is 26.3 Å². The van der Waals surface area contributed by atoms with Gasteiger partial charge in [0.2, 0.25) is 0 Å². The van der Waals surface area contributed by atoms with Gasteiger partial charge in [0.15, 0.2) is 0 Å². The molecule has 2 nitrogen and oxygen atoms in total. The van der Waals surface area contributed by atoms with Crippen LogP contribution in [0.2, 0.25) is 0 Å². The second kappa shape index (κ2) is 10.4. The molecule has 0 fully saturated rings. The monoisotopic (exact) mass is 636 g/mol. The highest BCUT2D eigenvalue weighted by atomic mass is 16.3. The van der Waals surface area contributed by atoms with Gasteiger partial charge in [-0.2, -0.15) is 0 Å². The number of furan rings is 2. The van der Waals surface area contributed by atoms with E-state index in [1.165, 1.54) is 60.3 Å². The molecule has 0 saturated carbocycles. The summed E-state index contributed by atoms with van der Waals surface area (Å²) in [7, 11) is 0. The first-order valence-corrected chi connectivity index (χ1v) is 17.1. The Morgan fingerprint density at radius 2 is 0.740 bits per heavy atom. The highest BCUT2D eigenvalue weighted by Gasteiger charge is 2.21. The van der Waals surface area contributed by atoms with E-state index in [0.29, 0.717) is 0 Å². The van der Waals surface area contributed by atoms with Crippen molar-refractivity contribution in [3.63, 3.8) is 0 Å². The summed E-state index contributed by atoms with van der Waals surface area (Å²) in [6.07, 6.45) is 0. The summed E-state index contributed by atoms with van der Waals surface area (Å²) < 4.78 is 13.1. The largest absolute Gasteiger partial charge is 0.456 e. The summed E-state index contributed by atoms with van der Waals surface area (Å²) >= 11 is 0. The van der Waals surface area contributed by atoms with Crippen molar-refractivity contribution in [1.82, 2.24) is 0 Å². The molecule has 9 aromatic carbocycles. The van der Waals surface area contributed by atoms with Crippen LogP contribution >= 0.6 is 0 Å². The van der Waals surface area contributed by atoms with Gasteiger partial charge in [0.1, 0.15) is 22.3 Å². The minimum absolute atomic E-state index is 0.866. The molecule has 0 atom stereocenters. The molecule has 0 amide bonds. The predicted molar refractivity (Wildman–Crippen MR) is 210 cm³/mol. The van der Waals surface area contributed by atoms with Crippen LogP contribution in [0.3, 0.4) is 0 Å². The quantitative estimate of drug-likeness (QED) is 0.180. The fourth-order valence-electron chi connectivity index (χ4n) is 8.21. The van der Waals surface area contributed by atoms with Crippen molar-refractivity contribution in [2.24, 2.45) is 0 Å². The second-order valence-corrected chi connectivity index (χ2v) is 13.2. The Balaban J connectivity index is 1.22. The van der Waals surface area contributed by atoms with E-state index in [1.807, 2.05) is 12.1 Å². The maximum Gasteiger partial charge on any atom is 0.143 e. The summed E-state index contributed by atoms with van der Waals surface area (Å²) in [4.78, 5) is 0. The molecule has 0 N–H and O–H groups in total. The lowest BCUT2D eigenvalue weighted by molar-refractivity contribution is 0.665. The average molecular weight is 637 g/mol. The summed E-state index contributed by atoms with van der Waals surface area (Å²) in [6, 6.07) is 60.9. The summed E-state index contributed by atoms with van der Waals surface area (Å²) in [5.74, 6) is 0. The minimum Gasteiger partial charge on any atom is -0.456 e. The van der Waals surface area contributed by atoms with E-state index < -0.39 is 0 Å². The Morgan fingerprint density at radius 3 is 1.42 bits per heavy atom. The van der Waals surface area contributed by atoms with Crippen LogP contribution in [0, 0.1) is 0 Å². The van der Waals surface area contributed by atoms with Gasteiger partial charge in [-0.3, -0.25) is 0 Å². The molecule has 11 rings (SSSR count). The molecule has 2 heterocycles. The van der Waals surface area contributed by atoms with Crippen LogP contribution in [-0.4, -0.2) is 0 Å². The molecule has 0 bridgehead atoms. The standard InChI is InChI=1S/C48H28O2/c1-2-12-29(13-3-1)30-22-24-31(25-23-30)46-34-16-5-7-18-36(34)47(37-19-8-6-17-35(37)46)41-26-42-40-28-44-39(33-15-10-11-21-43(33)49-44)27-45(40)50-48(42)38-20-9-4-14-32(38)41/h1-28H. The van der Waals surface area contributed by atoms with E-state index in [9.17, 15) is 0 Å². The molecule has 0 aliphatic rings. The normalized spacial score (nSPS) is 12.0. The van der Waals surface area contributed by atoms with Crippen LogP contribution in [0.15, 0.2) is 179 Å². The SMILES string of the molecule is c1ccc(-c2ccc(-c3c4ccccc4c(-c4cc5c6cc7oc8ccccc8c7cc6oc5c5ccccc45)c4ccccc34)cc2)cc1. The number of para-hydroxylation sites is 1. The van der Waals surface area contributed by atoms with Gasteiger partial charge in [0.25, 0.3) is 0 Å². The van der Waals surface area contributed by atoms with E-state index in [0.717, 1.165) is 49.3 Å². The maximum absolute atomic E-state index is 6.73. The van der Waals surface area contributed by atoms with Crippen molar-refractivity contribution in [3.8, 4) is 33.4 Å². The van der Waals surface area contributed by atoms with Crippen molar-refractivity contribution in [3.05, 3.63) is 170 Å². The van der Waals surface area contributed by atoms with Crippen LogP contribution in [0.1, 0.15) is 0 Å². The zero-order valence-corrected chi connectivity index (χ0v) is 27.0. The Kier molecular flexibility index (Phi) is 5.70. The molecule has 0 spiro atoms. The first kappa shape index (κ1) is 27.3. The first-order chi connectivity index (χ1) is 24.8. The van der Waals surface area contributed by atoms with E-state index in [-0.39, 0.29) is 0 Å². The van der Waals surface area contributed by atoms with Gasteiger partial charge in [-0.15, -0.1) is 0 Å². The Labute approximate surface area is 287 Å². The molecule has 0 saturated heterocycles. The molecule has 11 aromatic rings. The van der Waals surface area contributed by atoms with Crippen molar-refractivity contribution < 1.29 is 8.83 Å². The fraction of sp³-hybridized carbons (Fsp3) is 0. The molecular formula is C48H28O2. The van der Waals surface area contributed by atoms with Crippen LogP contribution in [-0.2, 0) is 0 Å². The van der Waals surface area contributed by atoms with Crippen LogP contribution < -0.4 is 0 Å². The van der Waals surface area contributed by atoms with Crippen molar-refractivity contribution in [2.45, 2.75) is 0 Å². The number of hydrogen-bond donors (Lipinski definition) is 0. The summed E-state index contributed by atoms with van der Waals surface area (Å²) in [6.45, 7) is 0. The highest BCUT2D eigenvalue weighted by Crippen LogP contribution is 2.48. The molecule has 0 aliphatic heterocycles. The number of hydrogen-bond acceptors (Lipinski definition) is 2. The average Bonchev–Trinajstić information content (AvgIpc) is 3.73. The molecule has 0 radical (unpaired) electrons. The summed E-state index contributed by atoms with van der Waals surface area (Å²) in [5, 5.41) is 11.5. The van der Waals surface area contributed by atoms with Crippen molar-refractivity contribution in [1.29, 1.82) is 0 Å². The second-order valence-electron chi connectivity index (χ2n) is 13.2. The van der Waals surface area contributed by atoms with Crippen LogP contribution in [0.5, 0.6) is 0 Å². The number of benzene rings is 9.